The van der Waals surface area contributed by atoms with E-state index in [-0.39, 0.29) is 5.91 Å². The Balaban J connectivity index is 2.63. The van der Waals surface area contributed by atoms with Crippen molar-refractivity contribution < 1.29 is 14.3 Å². The Hall–Kier alpha value is -1.59. The van der Waals surface area contributed by atoms with Crippen LogP contribution < -0.4 is 10.1 Å². The fraction of sp³-hybridized carbons (Fsp3) is 0.667. The van der Waals surface area contributed by atoms with Gasteiger partial charge in [0.15, 0.2) is 0 Å². The molecule has 26 heavy (non-hydrogen) atoms. The maximum Gasteiger partial charge on any atom is 0.256 e. The van der Waals surface area contributed by atoms with Crippen molar-refractivity contribution in [3.05, 3.63) is 24.3 Å². The Morgan fingerprint density at radius 1 is 1.08 bits per heavy atom. The van der Waals surface area contributed by atoms with E-state index in [0.29, 0.717) is 13.2 Å². The van der Waals surface area contributed by atoms with Crippen molar-refractivity contribution in [2.24, 2.45) is 0 Å². The second kappa shape index (κ2) is 11.9. The average Bonchev–Trinajstić information content (AvgIpc) is 2.61. The Morgan fingerprint density at radius 3 is 2.35 bits per heavy atom. The lowest BCUT2D eigenvalue weighted by atomic mass is 9.96. The van der Waals surface area contributed by atoms with Gasteiger partial charge >= 0.3 is 0 Å². The van der Waals surface area contributed by atoms with Crippen molar-refractivity contribution in [2.75, 3.05) is 39.2 Å². The van der Waals surface area contributed by atoms with Gasteiger partial charge in [0, 0.05) is 18.8 Å². The molecule has 0 saturated heterocycles. The summed E-state index contributed by atoms with van der Waals surface area (Å²) in [7, 11) is 4.03. The van der Waals surface area contributed by atoms with Crippen LogP contribution in [0.3, 0.4) is 0 Å². The van der Waals surface area contributed by atoms with E-state index < -0.39 is 5.60 Å². The van der Waals surface area contributed by atoms with Crippen LogP contribution in [0.2, 0.25) is 0 Å². The Labute approximate surface area is 159 Å². The quantitative estimate of drug-likeness (QED) is 0.529. The third-order valence-corrected chi connectivity index (χ3v) is 4.28. The molecule has 5 nitrogen and oxygen atoms in total. The fourth-order valence-corrected chi connectivity index (χ4v) is 2.53. The highest BCUT2D eigenvalue weighted by molar-refractivity contribution is 5.97. The van der Waals surface area contributed by atoms with Crippen LogP contribution in [0.1, 0.15) is 52.9 Å². The Bertz CT molecular complexity index is 516. The normalized spacial score (nSPS) is 13.5. The van der Waals surface area contributed by atoms with Gasteiger partial charge in [-0.25, -0.2) is 0 Å². The van der Waals surface area contributed by atoms with Gasteiger partial charge in [0.05, 0.1) is 0 Å². The van der Waals surface area contributed by atoms with Gasteiger partial charge in [0.2, 0.25) is 0 Å². The minimum atomic E-state index is -0.786. The number of carbonyl (C=O) groups is 1. The van der Waals surface area contributed by atoms with E-state index in [2.05, 4.69) is 24.1 Å². The molecule has 0 aliphatic rings. The Morgan fingerprint density at radius 2 is 1.77 bits per heavy atom. The van der Waals surface area contributed by atoms with Crippen LogP contribution in [0.15, 0.2) is 24.3 Å². The molecule has 0 aliphatic heterocycles. The maximum atomic E-state index is 12.8. The number of rotatable bonds is 13. The summed E-state index contributed by atoms with van der Waals surface area (Å²) in [6, 6.07) is 7.50. The number of hydrogen-bond donors (Lipinski definition) is 1. The lowest BCUT2D eigenvalue weighted by Crippen LogP contribution is -2.43. The molecule has 148 valence electrons. The summed E-state index contributed by atoms with van der Waals surface area (Å²) in [6.07, 6.45) is 4.86. The maximum absolute atomic E-state index is 12.8. The standard InChI is InChI=1S/C21H36N2O3/c1-6-8-9-14-21(3,26-16-7-2)20(24)22-18-10-12-19(13-11-18)25-17-15-23(4)5/h10-13H,6-9,14-17H2,1-5H3,(H,22,24)/t21-/m1/s1. The van der Waals surface area contributed by atoms with Crippen molar-refractivity contribution in [2.45, 2.75) is 58.5 Å². The van der Waals surface area contributed by atoms with Crippen LogP contribution in [0.5, 0.6) is 5.75 Å². The summed E-state index contributed by atoms with van der Waals surface area (Å²) in [4.78, 5) is 14.9. The second-order valence-electron chi connectivity index (χ2n) is 7.17. The predicted molar refractivity (Wildman–Crippen MR) is 108 cm³/mol. The van der Waals surface area contributed by atoms with Crippen molar-refractivity contribution in [1.29, 1.82) is 0 Å². The monoisotopic (exact) mass is 364 g/mol. The fourth-order valence-electron chi connectivity index (χ4n) is 2.53. The van der Waals surface area contributed by atoms with Crippen LogP contribution in [-0.4, -0.2) is 50.3 Å². The molecule has 0 radical (unpaired) electrons. The highest BCUT2D eigenvalue weighted by Gasteiger charge is 2.33. The molecule has 1 aromatic carbocycles. The molecule has 0 spiro atoms. The van der Waals surface area contributed by atoms with Crippen molar-refractivity contribution >= 4 is 11.6 Å². The van der Waals surface area contributed by atoms with Gasteiger partial charge in [-0.3, -0.25) is 4.79 Å². The zero-order chi connectivity index (χ0) is 19.4. The molecule has 0 unspecified atom stereocenters. The molecule has 5 heteroatoms. The SMILES string of the molecule is CCCCC[C@@](C)(OCCC)C(=O)Nc1ccc(OCCN(C)C)cc1. The summed E-state index contributed by atoms with van der Waals surface area (Å²) in [5.41, 5.74) is -0.0248. The van der Waals surface area contributed by atoms with Crippen LogP contribution in [0.4, 0.5) is 5.69 Å². The minimum absolute atomic E-state index is 0.0803. The van der Waals surface area contributed by atoms with Gasteiger partial charge in [0.25, 0.3) is 5.91 Å². The average molecular weight is 365 g/mol. The second-order valence-corrected chi connectivity index (χ2v) is 7.17. The molecule has 0 fully saturated rings. The van der Waals surface area contributed by atoms with Crippen LogP contribution in [-0.2, 0) is 9.53 Å². The van der Waals surface area contributed by atoms with E-state index in [0.717, 1.165) is 50.1 Å². The number of amides is 1. The first-order valence-electron chi connectivity index (χ1n) is 9.74. The van der Waals surface area contributed by atoms with E-state index in [9.17, 15) is 4.79 Å². The van der Waals surface area contributed by atoms with Crippen molar-refractivity contribution in [1.82, 2.24) is 4.90 Å². The molecule has 1 atom stereocenters. The van der Waals surface area contributed by atoms with Crippen LogP contribution in [0, 0.1) is 0 Å². The summed E-state index contributed by atoms with van der Waals surface area (Å²) in [5, 5.41) is 2.99. The summed E-state index contributed by atoms with van der Waals surface area (Å²) < 4.78 is 11.6. The molecule has 1 N–H and O–H groups in total. The minimum Gasteiger partial charge on any atom is -0.492 e. The number of likely N-dealkylation sites (N-methyl/N-ethyl adjacent to an activating group) is 1. The van der Waals surface area contributed by atoms with Gasteiger partial charge in [-0.1, -0.05) is 33.1 Å². The lowest BCUT2D eigenvalue weighted by molar-refractivity contribution is -0.140. The van der Waals surface area contributed by atoms with E-state index in [1.54, 1.807) is 0 Å². The third kappa shape index (κ3) is 8.19. The lowest BCUT2D eigenvalue weighted by Gasteiger charge is -2.28. The third-order valence-electron chi connectivity index (χ3n) is 4.28. The first-order valence-corrected chi connectivity index (χ1v) is 9.74. The zero-order valence-corrected chi connectivity index (χ0v) is 17.1. The number of ether oxygens (including phenoxy) is 2. The molecule has 1 aromatic rings. The molecular formula is C21H36N2O3. The van der Waals surface area contributed by atoms with E-state index in [1.165, 1.54) is 0 Å². The Kier molecular flexibility index (Phi) is 10.3. The number of unbranched alkanes of at least 4 members (excludes halogenated alkanes) is 2. The first-order chi connectivity index (χ1) is 12.4. The van der Waals surface area contributed by atoms with Gasteiger partial charge < -0.3 is 19.7 Å². The van der Waals surface area contributed by atoms with Gasteiger partial charge in [-0.15, -0.1) is 0 Å². The number of hydrogen-bond acceptors (Lipinski definition) is 4. The van der Waals surface area contributed by atoms with Crippen LogP contribution >= 0.6 is 0 Å². The number of nitrogens with one attached hydrogen (secondary N) is 1. The molecule has 0 heterocycles. The number of anilines is 1. The van der Waals surface area contributed by atoms with Crippen LogP contribution in [0.25, 0.3) is 0 Å². The summed E-state index contributed by atoms with van der Waals surface area (Å²) >= 11 is 0. The largest absolute Gasteiger partial charge is 0.492 e. The molecule has 0 aliphatic carbocycles. The molecule has 0 aromatic heterocycles. The van der Waals surface area contributed by atoms with E-state index in [1.807, 2.05) is 45.3 Å². The summed E-state index contributed by atoms with van der Waals surface area (Å²) in [6.45, 7) is 8.20. The van der Waals surface area contributed by atoms with Crippen molar-refractivity contribution in [3.63, 3.8) is 0 Å². The van der Waals surface area contributed by atoms with Gasteiger partial charge in [-0.05, 0) is 58.1 Å². The zero-order valence-electron chi connectivity index (χ0n) is 17.1. The number of nitrogens with zero attached hydrogens (tertiary/aromatic N) is 1. The highest BCUT2D eigenvalue weighted by Crippen LogP contribution is 2.23. The van der Waals surface area contributed by atoms with Gasteiger partial charge in [-0.2, -0.15) is 0 Å². The first kappa shape index (κ1) is 22.5. The van der Waals surface area contributed by atoms with Crippen molar-refractivity contribution in [3.8, 4) is 5.75 Å². The van der Waals surface area contributed by atoms with E-state index >= 15 is 0 Å². The summed E-state index contributed by atoms with van der Waals surface area (Å²) in [5.74, 6) is 0.723. The molecule has 0 saturated carbocycles. The molecule has 1 amide bonds. The molecule has 1 rings (SSSR count). The number of benzene rings is 1. The molecular weight excluding hydrogens is 328 g/mol. The van der Waals surface area contributed by atoms with Gasteiger partial charge in [0.1, 0.15) is 18.0 Å². The highest BCUT2D eigenvalue weighted by atomic mass is 16.5. The van der Waals surface area contributed by atoms with E-state index in [4.69, 9.17) is 9.47 Å². The topological polar surface area (TPSA) is 50.8 Å². The number of carbonyl (C=O) groups excluding carboxylic acids is 1. The predicted octanol–water partition coefficient (Wildman–Crippen LogP) is 4.33. The molecule has 0 bridgehead atoms. The smallest absolute Gasteiger partial charge is 0.256 e.